The normalized spacial score (nSPS) is 12.9. The minimum absolute atomic E-state index is 0.0353. The van der Waals surface area contributed by atoms with E-state index in [2.05, 4.69) is 5.32 Å². The second-order valence-corrected chi connectivity index (χ2v) is 8.39. The summed E-state index contributed by atoms with van der Waals surface area (Å²) in [5.41, 5.74) is 8.09. The first-order chi connectivity index (χ1) is 15.0. The molecule has 3 N–H and O–H groups in total. The predicted molar refractivity (Wildman–Crippen MR) is 116 cm³/mol. The van der Waals surface area contributed by atoms with Gasteiger partial charge in [0.1, 0.15) is 16.3 Å². The average molecular weight is 442 g/mol. The standard InChI is InChI=1S/C22H22N2O6S/c1-28-13-6-7-14-12(10-29-16(14)9-13)8-19(26)30-11-18(25)24-22-20(21(23)27)15-4-2-3-5-17(15)31-22/h6-7,9-10H,2-5,8,11H2,1H3,(H2,23,27)(H,24,25). The van der Waals surface area contributed by atoms with Gasteiger partial charge in [0.15, 0.2) is 6.61 Å². The van der Waals surface area contributed by atoms with E-state index in [9.17, 15) is 14.4 Å². The van der Waals surface area contributed by atoms with Crippen LogP contribution in [-0.2, 0) is 33.6 Å². The fourth-order valence-corrected chi connectivity index (χ4v) is 5.07. The molecule has 0 spiro atoms. The lowest BCUT2D eigenvalue weighted by Crippen LogP contribution is -2.23. The highest BCUT2D eigenvalue weighted by molar-refractivity contribution is 7.17. The molecule has 0 unspecified atom stereocenters. The van der Waals surface area contributed by atoms with E-state index in [1.54, 1.807) is 25.3 Å². The van der Waals surface area contributed by atoms with Gasteiger partial charge >= 0.3 is 5.97 Å². The number of carbonyl (C=O) groups excluding carboxylic acids is 3. The number of thiophene rings is 1. The van der Waals surface area contributed by atoms with Gasteiger partial charge < -0.3 is 24.9 Å². The number of rotatable bonds is 7. The third-order valence-electron chi connectivity index (χ3n) is 5.23. The molecule has 3 aromatic rings. The molecule has 2 aromatic heterocycles. The molecular formula is C22H22N2O6S. The van der Waals surface area contributed by atoms with E-state index in [0.29, 0.717) is 27.5 Å². The van der Waals surface area contributed by atoms with Gasteiger partial charge in [-0.3, -0.25) is 14.4 Å². The maximum Gasteiger partial charge on any atom is 0.310 e. The van der Waals surface area contributed by atoms with Crippen LogP contribution < -0.4 is 15.8 Å². The van der Waals surface area contributed by atoms with Crippen LogP contribution in [0.4, 0.5) is 5.00 Å². The van der Waals surface area contributed by atoms with Crippen LogP contribution in [0.15, 0.2) is 28.9 Å². The summed E-state index contributed by atoms with van der Waals surface area (Å²) in [6, 6.07) is 5.31. The average Bonchev–Trinajstić information content (AvgIpc) is 3.32. The minimum Gasteiger partial charge on any atom is -0.497 e. The molecular weight excluding hydrogens is 420 g/mol. The number of fused-ring (bicyclic) bond motifs is 2. The van der Waals surface area contributed by atoms with Gasteiger partial charge in [0.2, 0.25) is 0 Å². The van der Waals surface area contributed by atoms with E-state index in [0.717, 1.165) is 41.5 Å². The van der Waals surface area contributed by atoms with Crippen LogP contribution in [0.25, 0.3) is 11.0 Å². The van der Waals surface area contributed by atoms with Crippen LogP contribution in [0.1, 0.15) is 39.2 Å². The lowest BCUT2D eigenvalue weighted by atomic mass is 9.95. The SMILES string of the molecule is COc1ccc2c(CC(=O)OCC(=O)Nc3sc4c(c3C(N)=O)CCCC4)coc2c1. The Morgan fingerprint density at radius 3 is 2.81 bits per heavy atom. The first-order valence-corrected chi connectivity index (χ1v) is 10.7. The second-order valence-electron chi connectivity index (χ2n) is 7.29. The fraction of sp³-hybridized carbons (Fsp3) is 0.318. The largest absolute Gasteiger partial charge is 0.497 e. The molecule has 1 aliphatic rings. The number of carbonyl (C=O) groups is 3. The zero-order valence-electron chi connectivity index (χ0n) is 17.0. The Kier molecular flexibility index (Phi) is 5.94. The van der Waals surface area contributed by atoms with E-state index in [1.165, 1.54) is 17.6 Å². The number of hydrogen-bond acceptors (Lipinski definition) is 7. The van der Waals surface area contributed by atoms with Gasteiger partial charge in [-0.15, -0.1) is 11.3 Å². The number of furan rings is 1. The summed E-state index contributed by atoms with van der Waals surface area (Å²) in [5, 5.41) is 3.88. The highest BCUT2D eigenvalue weighted by Gasteiger charge is 2.25. The molecule has 0 saturated carbocycles. The highest BCUT2D eigenvalue weighted by Crippen LogP contribution is 2.37. The number of anilines is 1. The third-order valence-corrected chi connectivity index (χ3v) is 6.44. The Morgan fingerprint density at radius 2 is 2.03 bits per heavy atom. The molecule has 0 fully saturated rings. The number of aryl methyl sites for hydroxylation is 1. The molecule has 8 nitrogen and oxygen atoms in total. The van der Waals surface area contributed by atoms with Crippen molar-refractivity contribution >= 4 is 45.1 Å². The van der Waals surface area contributed by atoms with Crippen molar-refractivity contribution in [1.29, 1.82) is 0 Å². The summed E-state index contributed by atoms with van der Waals surface area (Å²) in [7, 11) is 1.56. The fourth-order valence-electron chi connectivity index (χ4n) is 3.76. The van der Waals surface area contributed by atoms with Gasteiger partial charge in [0, 0.05) is 21.9 Å². The van der Waals surface area contributed by atoms with Crippen molar-refractivity contribution in [3.05, 3.63) is 46.0 Å². The second kappa shape index (κ2) is 8.81. The highest BCUT2D eigenvalue weighted by atomic mass is 32.1. The topological polar surface area (TPSA) is 121 Å². The third kappa shape index (κ3) is 4.41. The molecule has 31 heavy (non-hydrogen) atoms. The van der Waals surface area contributed by atoms with Gasteiger partial charge in [0.25, 0.3) is 11.8 Å². The molecule has 1 aliphatic carbocycles. The van der Waals surface area contributed by atoms with Crippen molar-refractivity contribution in [2.75, 3.05) is 19.0 Å². The van der Waals surface area contributed by atoms with Crippen molar-refractivity contribution < 1.29 is 28.3 Å². The molecule has 1 aromatic carbocycles. The summed E-state index contributed by atoms with van der Waals surface area (Å²) in [4.78, 5) is 37.5. The van der Waals surface area contributed by atoms with Crippen LogP contribution in [0.5, 0.6) is 5.75 Å². The molecule has 0 bridgehead atoms. The zero-order valence-corrected chi connectivity index (χ0v) is 17.8. The molecule has 0 saturated heterocycles. The molecule has 0 radical (unpaired) electrons. The maximum atomic E-state index is 12.3. The smallest absolute Gasteiger partial charge is 0.310 e. The molecule has 9 heteroatoms. The number of nitrogens with two attached hydrogens (primary N) is 1. The van der Waals surface area contributed by atoms with E-state index in [4.69, 9.17) is 19.6 Å². The summed E-state index contributed by atoms with van der Waals surface area (Å²) in [6.07, 6.45) is 5.14. The van der Waals surface area contributed by atoms with Crippen molar-refractivity contribution in [2.24, 2.45) is 5.73 Å². The Balaban J connectivity index is 1.37. The number of primary amides is 1. The zero-order chi connectivity index (χ0) is 22.0. The number of ether oxygens (including phenoxy) is 2. The van der Waals surface area contributed by atoms with Gasteiger partial charge in [-0.25, -0.2) is 0 Å². The number of amides is 2. The van der Waals surface area contributed by atoms with E-state index < -0.39 is 24.4 Å². The van der Waals surface area contributed by atoms with Gasteiger partial charge in [-0.05, 0) is 43.4 Å². The van der Waals surface area contributed by atoms with Gasteiger partial charge in [0.05, 0.1) is 25.4 Å². The number of hydrogen-bond donors (Lipinski definition) is 2. The first kappa shape index (κ1) is 20.9. The monoisotopic (exact) mass is 442 g/mol. The summed E-state index contributed by atoms with van der Waals surface area (Å²) < 4.78 is 15.7. The predicted octanol–water partition coefficient (Wildman–Crippen LogP) is 3.21. The van der Waals surface area contributed by atoms with Crippen molar-refractivity contribution in [1.82, 2.24) is 0 Å². The van der Waals surface area contributed by atoms with Crippen molar-refractivity contribution in [2.45, 2.75) is 32.1 Å². The van der Waals surface area contributed by atoms with Crippen LogP contribution in [-0.4, -0.2) is 31.5 Å². The number of methoxy groups -OCH3 is 1. The van der Waals surface area contributed by atoms with E-state index in [-0.39, 0.29) is 6.42 Å². The quantitative estimate of drug-likeness (QED) is 0.542. The number of benzene rings is 1. The Morgan fingerprint density at radius 1 is 1.23 bits per heavy atom. The Hall–Kier alpha value is -3.33. The van der Waals surface area contributed by atoms with E-state index >= 15 is 0 Å². The maximum absolute atomic E-state index is 12.3. The summed E-state index contributed by atoms with van der Waals surface area (Å²) in [6.45, 7) is -0.455. The molecule has 0 atom stereocenters. The number of esters is 1. The Bertz CT molecular complexity index is 1160. The van der Waals surface area contributed by atoms with E-state index in [1.807, 2.05) is 0 Å². The molecule has 162 valence electrons. The summed E-state index contributed by atoms with van der Waals surface area (Å²) >= 11 is 1.37. The van der Waals surface area contributed by atoms with Crippen LogP contribution in [0, 0.1) is 0 Å². The molecule has 2 amide bonds. The Labute approximate surface area is 182 Å². The van der Waals surface area contributed by atoms with Crippen LogP contribution >= 0.6 is 11.3 Å². The lowest BCUT2D eigenvalue weighted by molar-refractivity contribution is -0.146. The van der Waals surface area contributed by atoms with Gasteiger partial charge in [-0.1, -0.05) is 0 Å². The van der Waals surface area contributed by atoms with Gasteiger partial charge in [-0.2, -0.15) is 0 Å². The van der Waals surface area contributed by atoms with Crippen LogP contribution in [0.3, 0.4) is 0 Å². The summed E-state index contributed by atoms with van der Waals surface area (Å²) in [5.74, 6) is -0.987. The first-order valence-electron chi connectivity index (χ1n) is 9.90. The minimum atomic E-state index is -0.561. The van der Waals surface area contributed by atoms with Crippen molar-refractivity contribution in [3.63, 3.8) is 0 Å². The number of nitrogens with one attached hydrogen (secondary N) is 1. The van der Waals surface area contributed by atoms with Crippen molar-refractivity contribution in [3.8, 4) is 5.75 Å². The molecule has 0 aliphatic heterocycles. The lowest BCUT2D eigenvalue weighted by Gasteiger charge is -2.11. The molecule has 2 heterocycles. The molecule has 4 rings (SSSR count). The van der Waals surface area contributed by atoms with Crippen LogP contribution in [0.2, 0.25) is 0 Å².